The summed E-state index contributed by atoms with van der Waals surface area (Å²) in [6.45, 7) is 0.314. The molecule has 0 aliphatic heterocycles. The van der Waals surface area contributed by atoms with Crippen LogP contribution in [-0.4, -0.2) is 21.8 Å². The Balaban J connectivity index is 1.79. The van der Waals surface area contributed by atoms with Gasteiger partial charge in [-0.1, -0.05) is 47.6 Å². The van der Waals surface area contributed by atoms with Crippen LogP contribution in [0.25, 0.3) is 0 Å². The number of hydrogen-bond donors (Lipinski definition) is 2. The summed E-state index contributed by atoms with van der Waals surface area (Å²) in [5.74, 6) is -0.653. The van der Waals surface area contributed by atoms with Crippen molar-refractivity contribution in [2.24, 2.45) is 0 Å². The summed E-state index contributed by atoms with van der Waals surface area (Å²) in [7, 11) is 0. The molecule has 0 aromatic heterocycles. The lowest BCUT2D eigenvalue weighted by Crippen LogP contribution is -2.22. The Morgan fingerprint density at radius 2 is 1.80 bits per heavy atom. The van der Waals surface area contributed by atoms with Crippen LogP contribution in [0.4, 0.5) is 16.2 Å². The highest BCUT2D eigenvalue weighted by Crippen LogP contribution is 2.23. The molecule has 0 aliphatic carbocycles. The number of carbonyl (C=O) groups is 2. The van der Waals surface area contributed by atoms with Crippen LogP contribution in [0, 0.1) is 10.1 Å². The van der Waals surface area contributed by atoms with Gasteiger partial charge >= 0.3 is 0 Å². The molecule has 7 nitrogen and oxygen atoms in total. The van der Waals surface area contributed by atoms with Crippen molar-refractivity contribution in [3.05, 3.63) is 69.2 Å². The number of nitro benzene ring substituents is 1. The third-order valence-corrected chi connectivity index (χ3v) is 4.12. The predicted octanol–water partition coefficient (Wildman–Crippen LogP) is 3.83. The third-order valence-electron chi connectivity index (χ3n) is 3.06. The van der Waals surface area contributed by atoms with Crippen LogP contribution in [0.5, 0.6) is 0 Å². The summed E-state index contributed by atoms with van der Waals surface area (Å²) in [6.07, 6.45) is 0. The van der Waals surface area contributed by atoms with E-state index in [0.29, 0.717) is 11.6 Å². The van der Waals surface area contributed by atoms with Crippen molar-refractivity contribution in [2.45, 2.75) is 6.54 Å². The first-order valence-corrected chi connectivity index (χ1v) is 8.50. The number of amides is 2. The van der Waals surface area contributed by atoms with E-state index in [4.69, 9.17) is 11.6 Å². The van der Waals surface area contributed by atoms with E-state index in [1.165, 1.54) is 18.2 Å². The zero-order chi connectivity index (χ0) is 18.2. The minimum absolute atomic E-state index is 0.0969. The average Bonchev–Trinajstić information content (AvgIpc) is 2.59. The molecule has 0 unspecified atom stereocenters. The minimum Gasteiger partial charge on any atom is -0.343 e. The van der Waals surface area contributed by atoms with Crippen LogP contribution in [0.3, 0.4) is 0 Å². The number of benzene rings is 2. The third kappa shape index (κ3) is 6.09. The van der Waals surface area contributed by atoms with Crippen LogP contribution >= 0.6 is 23.4 Å². The highest BCUT2D eigenvalue weighted by molar-refractivity contribution is 8.14. The van der Waals surface area contributed by atoms with Crippen molar-refractivity contribution in [1.29, 1.82) is 0 Å². The molecule has 2 aromatic rings. The summed E-state index contributed by atoms with van der Waals surface area (Å²) < 4.78 is 0. The molecule has 0 atom stereocenters. The van der Waals surface area contributed by atoms with Gasteiger partial charge in [-0.25, -0.2) is 0 Å². The molecule has 2 aromatic carbocycles. The van der Waals surface area contributed by atoms with E-state index in [0.717, 1.165) is 17.3 Å². The van der Waals surface area contributed by atoms with Gasteiger partial charge in [0.05, 0.1) is 10.7 Å². The van der Waals surface area contributed by atoms with Crippen molar-refractivity contribution in [3.63, 3.8) is 0 Å². The average molecular weight is 380 g/mol. The molecule has 2 amide bonds. The lowest BCUT2D eigenvalue weighted by molar-refractivity contribution is -0.383. The fraction of sp³-hybridized carbons (Fsp3) is 0.125. The van der Waals surface area contributed by atoms with Crippen molar-refractivity contribution in [2.75, 3.05) is 11.1 Å². The zero-order valence-electron chi connectivity index (χ0n) is 12.9. The maximum atomic E-state index is 11.9. The van der Waals surface area contributed by atoms with E-state index in [1.807, 2.05) is 0 Å². The van der Waals surface area contributed by atoms with Gasteiger partial charge in [0, 0.05) is 17.6 Å². The Hall–Kier alpha value is -2.58. The number of carbonyl (C=O) groups excluding carboxylic acids is 2. The number of rotatable bonds is 6. The molecule has 0 heterocycles. The highest BCUT2D eigenvalue weighted by atomic mass is 35.5. The van der Waals surface area contributed by atoms with E-state index in [1.54, 1.807) is 30.3 Å². The monoisotopic (exact) mass is 379 g/mol. The Labute approximate surface area is 152 Å². The molecule has 0 bridgehead atoms. The summed E-state index contributed by atoms with van der Waals surface area (Å²) in [6, 6.07) is 12.8. The molecule has 0 fully saturated rings. The number of halogens is 1. The molecule has 2 rings (SSSR count). The topological polar surface area (TPSA) is 101 Å². The van der Waals surface area contributed by atoms with E-state index >= 15 is 0 Å². The van der Waals surface area contributed by atoms with Gasteiger partial charge in [0.2, 0.25) is 5.91 Å². The lowest BCUT2D eigenvalue weighted by atomic mass is 10.2. The van der Waals surface area contributed by atoms with Crippen LogP contribution in [0.1, 0.15) is 5.56 Å². The maximum absolute atomic E-state index is 11.9. The number of nitro groups is 1. The van der Waals surface area contributed by atoms with Gasteiger partial charge in [-0.15, -0.1) is 0 Å². The van der Waals surface area contributed by atoms with Gasteiger partial charge in [-0.05, 0) is 23.8 Å². The zero-order valence-corrected chi connectivity index (χ0v) is 14.5. The lowest BCUT2D eigenvalue weighted by Gasteiger charge is -2.07. The van der Waals surface area contributed by atoms with Crippen molar-refractivity contribution in [1.82, 2.24) is 5.32 Å². The molecule has 9 heteroatoms. The number of para-hydroxylation sites is 2. The number of nitrogens with one attached hydrogen (secondary N) is 2. The van der Waals surface area contributed by atoms with Crippen LogP contribution in [0.15, 0.2) is 48.5 Å². The second-order valence-electron chi connectivity index (χ2n) is 4.88. The van der Waals surface area contributed by atoms with Gasteiger partial charge in [0.25, 0.3) is 10.9 Å². The number of thioether (sulfide) groups is 1. The van der Waals surface area contributed by atoms with Gasteiger partial charge in [0.1, 0.15) is 5.69 Å². The van der Waals surface area contributed by atoms with Gasteiger partial charge in [-0.2, -0.15) is 0 Å². The summed E-state index contributed by atoms with van der Waals surface area (Å²) in [4.78, 5) is 33.9. The van der Waals surface area contributed by atoms with Crippen molar-refractivity contribution < 1.29 is 14.5 Å². The molecule has 0 aliphatic rings. The summed E-state index contributed by atoms with van der Waals surface area (Å²) >= 11 is 6.56. The molecule has 2 N–H and O–H groups in total. The molecule has 0 radical (unpaired) electrons. The molecule has 0 spiro atoms. The van der Waals surface area contributed by atoms with Crippen LogP contribution in [-0.2, 0) is 11.3 Å². The van der Waals surface area contributed by atoms with Gasteiger partial charge < -0.3 is 10.6 Å². The fourth-order valence-corrected chi connectivity index (χ4v) is 2.52. The largest absolute Gasteiger partial charge is 0.343 e. The summed E-state index contributed by atoms with van der Waals surface area (Å²) in [5, 5.41) is 16.2. The molecule has 25 heavy (non-hydrogen) atoms. The summed E-state index contributed by atoms with van der Waals surface area (Å²) in [5.41, 5.74) is 0.774. The Bertz CT molecular complexity index is 783. The first kappa shape index (κ1) is 18.8. The molecular formula is C16H14ClN3O4S. The Morgan fingerprint density at radius 3 is 2.48 bits per heavy atom. The van der Waals surface area contributed by atoms with E-state index < -0.39 is 10.8 Å². The minimum atomic E-state index is -0.582. The number of nitrogens with zero attached hydrogens (tertiary/aromatic N) is 1. The van der Waals surface area contributed by atoms with E-state index in [2.05, 4.69) is 10.6 Å². The predicted molar refractivity (Wildman–Crippen MR) is 97.9 cm³/mol. The molecular weight excluding hydrogens is 366 g/mol. The smallest absolute Gasteiger partial charge is 0.292 e. The van der Waals surface area contributed by atoms with Gasteiger partial charge in [0.15, 0.2) is 0 Å². The normalized spacial score (nSPS) is 10.1. The fourth-order valence-electron chi connectivity index (χ4n) is 1.88. The van der Waals surface area contributed by atoms with E-state index in [9.17, 15) is 19.7 Å². The quantitative estimate of drug-likeness (QED) is 0.586. The van der Waals surface area contributed by atoms with Gasteiger partial charge in [-0.3, -0.25) is 19.7 Å². The Kier molecular flexibility index (Phi) is 6.79. The first-order chi connectivity index (χ1) is 12.0. The molecule has 130 valence electrons. The standard InChI is InChI=1S/C16H14ClN3O4S/c17-12-7-5-11(6-8-12)9-18-16(22)25-10-15(21)19-13-3-1-2-4-14(13)20(23)24/h1-8H,9-10H2,(H,18,22)(H,19,21). The van der Waals surface area contributed by atoms with Crippen molar-refractivity contribution >= 4 is 45.9 Å². The van der Waals surface area contributed by atoms with Crippen molar-refractivity contribution in [3.8, 4) is 0 Å². The number of hydrogen-bond acceptors (Lipinski definition) is 5. The second kappa shape index (κ2) is 9.05. The maximum Gasteiger partial charge on any atom is 0.292 e. The Morgan fingerprint density at radius 1 is 1.12 bits per heavy atom. The SMILES string of the molecule is O=C(CSC(=O)NCc1ccc(Cl)cc1)Nc1ccccc1[N+](=O)[O-]. The second-order valence-corrected chi connectivity index (χ2v) is 6.26. The molecule has 0 saturated heterocycles. The van der Waals surface area contributed by atoms with Crippen LogP contribution < -0.4 is 10.6 Å². The molecule has 0 saturated carbocycles. The first-order valence-electron chi connectivity index (χ1n) is 7.14. The number of anilines is 1. The highest BCUT2D eigenvalue weighted by Gasteiger charge is 2.15. The van der Waals surface area contributed by atoms with E-state index in [-0.39, 0.29) is 22.4 Å². The van der Waals surface area contributed by atoms with Crippen LogP contribution in [0.2, 0.25) is 5.02 Å².